The Morgan fingerprint density at radius 2 is 1.79 bits per heavy atom. The van der Waals surface area contributed by atoms with Gasteiger partial charge in [0, 0.05) is 11.6 Å². The lowest BCUT2D eigenvalue weighted by atomic mass is 9.81. The molecule has 0 spiro atoms. The molecular weight excluding hydrogens is 354 g/mol. The molecule has 0 aliphatic carbocycles. The van der Waals surface area contributed by atoms with E-state index in [9.17, 15) is 0 Å². The molecule has 1 atom stereocenters. The van der Waals surface area contributed by atoms with Gasteiger partial charge < -0.3 is 9.47 Å². The molecule has 1 aliphatic heterocycles. The zero-order valence-corrected chi connectivity index (χ0v) is 16.9. The topological polar surface area (TPSA) is 65.3 Å². The van der Waals surface area contributed by atoms with E-state index in [0.29, 0.717) is 11.5 Å². The number of likely N-dealkylation sites (N-methyl/N-ethyl adjacent to an activating group) is 1. The van der Waals surface area contributed by atoms with Crippen LogP contribution in [0.5, 0.6) is 11.5 Å². The normalized spacial score (nSPS) is 18.5. The Morgan fingerprint density at radius 1 is 1.04 bits per heavy atom. The Balaban J connectivity index is 1.85. The molecule has 1 aromatic heterocycles. The van der Waals surface area contributed by atoms with Crippen molar-refractivity contribution in [3.05, 3.63) is 59.4 Å². The summed E-state index contributed by atoms with van der Waals surface area (Å²) < 4.78 is 12.6. The van der Waals surface area contributed by atoms with Gasteiger partial charge in [0.25, 0.3) is 0 Å². The maximum Gasteiger partial charge on any atom is 0.178 e. The van der Waals surface area contributed by atoms with Gasteiger partial charge in [0.1, 0.15) is 0 Å². The van der Waals surface area contributed by atoms with Crippen LogP contribution < -0.4 is 9.47 Å². The molecule has 1 aliphatic rings. The van der Waals surface area contributed by atoms with E-state index >= 15 is 0 Å². The molecule has 0 radical (unpaired) electrons. The lowest BCUT2D eigenvalue weighted by molar-refractivity contribution is 0.0993. The highest BCUT2D eigenvalue weighted by Crippen LogP contribution is 2.41. The molecule has 146 valence electrons. The van der Waals surface area contributed by atoms with E-state index in [1.165, 1.54) is 11.1 Å². The van der Waals surface area contributed by atoms with Crippen molar-refractivity contribution in [1.82, 2.24) is 25.1 Å². The molecule has 7 heteroatoms. The predicted octanol–water partition coefficient (Wildman–Crippen LogP) is 3.04. The summed E-state index contributed by atoms with van der Waals surface area (Å²) in [6, 6.07) is 14.2. The molecule has 4 rings (SSSR count). The van der Waals surface area contributed by atoms with E-state index in [0.717, 1.165) is 17.9 Å². The molecular formula is C21H25N5O2. The number of benzene rings is 2. The van der Waals surface area contributed by atoms with E-state index < -0.39 is 0 Å². The van der Waals surface area contributed by atoms with E-state index in [1.54, 1.807) is 18.9 Å². The first kappa shape index (κ1) is 18.4. The summed E-state index contributed by atoms with van der Waals surface area (Å²) in [4.78, 5) is 2.35. The molecule has 7 nitrogen and oxygen atoms in total. The summed E-state index contributed by atoms with van der Waals surface area (Å²) >= 11 is 0. The van der Waals surface area contributed by atoms with Crippen molar-refractivity contribution >= 4 is 0 Å². The molecule has 0 saturated carbocycles. The first-order valence-electron chi connectivity index (χ1n) is 9.27. The largest absolute Gasteiger partial charge is 0.493 e. The van der Waals surface area contributed by atoms with Gasteiger partial charge in [0.05, 0.1) is 25.9 Å². The highest BCUT2D eigenvalue weighted by molar-refractivity contribution is 5.49. The third-order valence-electron chi connectivity index (χ3n) is 5.66. The lowest BCUT2D eigenvalue weighted by Gasteiger charge is -2.45. The molecule has 0 unspecified atom stereocenters. The van der Waals surface area contributed by atoms with Gasteiger partial charge in [-0.1, -0.05) is 24.3 Å². The Kier molecular flexibility index (Phi) is 4.55. The van der Waals surface area contributed by atoms with Crippen LogP contribution in [0.15, 0.2) is 42.5 Å². The highest BCUT2D eigenvalue weighted by Gasteiger charge is 2.40. The minimum atomic E-state index is -0.0527. The number of fused-ring (bicyclic) bond motifs is 1. The van der Waals surface area contributed by atoms with Gasteiger partial charge in [0.2, 0.25) is 0 Å². The van der Waals surface area contributed by atoms with Crippen molar-refractivity contribution in [3.63, 3.8) is 0 Å². The maximum atomic E-state index is 5.45. The van der Waals surface area contributed by atoms with Crippen molar-refractivity contribution in [1.29, 1.82) is 0 Å². The molecule has 0 N–H and O–H groups in total. The van der Waals surface area contributed by atoms with E-state index in [1.807, 2.05) is 18.2 Å². The van der Waals surface area contributed by atoms with Crippen LogP contribution in [0.4, 0.5) is 0 Å². The fraction of sp³-hybridized carbons (Fsp3) is 0.381. The van der Waals surface area contributed by atoms with Gasteiger partial charge in [-0.2, -0.15) is 4.68 Å². The van der Waals surface area contributed by atoms with Crippen LogP contribution in [0.1, 0.15) is 36.8 Å². The molecule has 0 fully saturated rings. The molecule has 0 saturated heterocycles. The highest BCUT2D eigenvalue weighted by atomic mass is 16.5. The number of rotatable bonds is 4. The summed E-state index contributed by atoms with van der Waals surface area (Å²) in [5, 5.41) is 12.7. The number of methoxy groups -OCH3 is 2. The second kappa shape index (κ2) is 6.91. The van der Waals surface area contributed by atoms with Crippen LogP contribution >= 0.6 is 0 Å². The SMILES string of the molecule is COc1ccc(-n2nnnc2[C@@H]2c3ccccc3CC(C)(C)N2C)cc1OC. The molecule has 3 aromatic rings. The van der Waals surface area contributed by atoms with Crippen LogP contribution in [0.3, 0.4) is 0 Å². The van der Waals surface area contributed by atoms with E-state index in [4.69, 9.17) is 9.47 Å². The summed E-state index contributed by atoms with van der Waals surface area (Å²) in [5.74, 6) is 2.08. The number of hydrogen-bond donors (Lipinski definition) is 0. The molecule has 2 heterocycles. The van der Waals surface area contributed by atoms with Crippen molar-refractivity contribution in [2.24, 2.45) is 0 Å². The zero-order valence-electron chi connectivity index (χ0n) is 16.9. The molecule has 28 heavy (non-hydrogen) atoms. The second-order valence-electron chi connectivity index (χ2n) is 7.69. The standard InChI is InChI=1S/C21H25N5O2/c1-21(2)13-14-8-6-7-9-16(14)19(25(21)3)20-22-23-24-26(20)15-10-11-17(27-4)18(12-15)28-5/h6-12,19H,13H2,1-5H3/t19-/m0/s1. The van der Waals surface area contributed by atoms with Gasteiger partial charge in [-0.15, -0.1) is 5.10 Å². The quantitative estimate of drug-likeness (QED) is 0.694. The summed E-state index contributed by atoms with van der Waals surface area (Å²) in [6.07, 6.45) is 0.980. The average molecular weight is 379 g/mol. The van der Waals surface area contributed by atoms with E-state index in [-0.39, 0.29) is 11.6 Å². The number of hydrogen-bond acceptors (Lipinski definition) is 6. The average Bonchev–Trinajstić information content (AvgIpc) is 3.17. The maximum absolute atomic E-state index is 5.45. The Bertz CT molecular complexity index is 998. The monoisotopic (exact) mass is 379 g/mol. The lowest BCUT2D eigenvalue weighted by Crippen LogP contribution is -2.49. The van der Waals surface area contributed by atoms with Crippen LogP contribution in [0.25, 0.3) is 5.69 Å². The number of aromatic nitrogens is 4. The number of ether oxygens (including phenoxy) is 2. The Labute approximate surface area is 164 Å². The summed E-state index contributed by atoms with van der Waals surface area (Å²) in [7, 11) is 5.38. The van der Waals surface area contributed by atoms with Crippen LogP contribution in [0.2, 0.25) is 0 Å². The van der Waals surface area contributed by atoms with Gasteiger partial charge in [-0.05, 0) is 61.0 Å². The van der Waals surface area contributed by atoms with Crippen LogP contribution in [0, 0.1) is 0 Å². The van der Waals surface area contributed by atoms with Crippen molar-refractivity contribution < 1.29 is 9.47 Å². The van der Waals surface area contributed by atoms with Crippen molar-refractivity contribution in [2.75, 3.05) is 21.3 Å². The molecule has 0 amide bonds. The van der Waals surface area contributed by atoms with Crippen LogP contribution in [-0.2, 0) is 6.42 Å². The number of nitrogens with zero attached hydrogens (tertiary/aromatic N) is 5. The second-order valence-corrected chi connectivity index (χ2v) is 7.69. The fourth-order valence-electron chi connectivity index (χ4n) is 3.93. The Hall–Kier alpha value is -2.93. The van der Waals surface area contributed by atoms with Gasteiger partial charge in [-0.3, -0.25) is 4.90 Å². The fourth-order valence-corrected chi connectivity index (χ4v) is 3.93. The van der Waals surface area contributed by atoms with Gasteiger partial charge in [0.15, 0.2) is 17.3 Å². The number of tetrazole rings is 1. The first-order valence-corrected chi connectivity index (χ1v) is 9.27. The molecule has 0 bridgehead atoms. The Morgan fingerprint density at radius 3 is 2.54 bits per heavy atom. The molecule has 2 aromatic carbocycles. The van der Waals surface area contributed by atoms with Gasteiger partial charge >= 0.3 is 0 Å². The van der Waals surface area contributed by atoms with Gasteiger partial charge in [-0.25, -0.2) is 0 Å². The first-order chi connectivity index (χ1) is 13.5. The van der Waals surface area contributed by atoms with Crippen LogP contribution in [-0.4, -0.2) is 51.9 Å². The predicted molar refractivity (Wildman–Crippen MR) is 106 cm³/mol. The third-order valence-corrected chi connectivity index (χ3v) is 5.66. The van der Waals surface area contributed by atoms with Crippen molar-refractivity contribution in [2.45, 2.75) is 31.8 Å². The van der Waals surface area contributed by atoms with E-state index in [2.05, 4.69) is 65.6 Å². The summed E-state index contributed by atoms with van der Waals surface area (Å²) in [6.45, 7) is 4.50. The zero-order chi connectivity index (χ0) is 19.9. The van der Waals surface area contributed by atoms with Crippen molar-refractivity contribution in [3.8, 4) is 17.2 Å². The summed E-state index contributed by atoms with van der Waals surface area (Å²) in [5.41, 5.74) is 3.37. The minimum absolute atomic E-state index is 0.0204. The third kappa shape index (κ3) is 2.92. The minimum Gasteiger partial charge on any atom is -0.493 e. The smallest absolute Gasteiger partial charge is 0.178 e.